The topological polar surface area (TPSA) is 100 Å². The Bertz CT molecular complexity index is 1370. The quantitative estimate of drug-likeness (QED) is 0.521. The van der Waals surface area contributed by atoms with Gasteiger partial charge < -0.3 is 15.0 Å². The number of rotatable bonds is 7. The summed E-state index contributed by atoms with van der Waals surface area (Å²) < 4.78 is 1.86. The van der Waals surface area contributed by atoms with E-state index in [0.717, 1.165) is 47.4 Å². The zero-order valence-electron chi connectivity index (χ0n) is 20.7. The normalized spacial score (nSPS) is 24.5. The van der Waals surface area contributed by atoms with E-state index < -0.39 is 5.92 Å². The number of carbonyl (C=O) groups excluding carboxylic acids is 1. The van der Waals surface area contributed by atoms with Crippen LogP contribution in [-0.2, 0) is 24.4 Å². The van der Waals surface area contributed by atoms with E-state index in [1.807, 2.05) is 53.2 Å². The molecule has 0 saturated carbocycles. The number of aromatic nitrogens is 3. The Kier molecular flexibility index (Phi) is 6.44. The molecule has 8 heteroatoms. The van der Waals surface area contributed by atoms with E-state index in [0.29, 0.717) is 19.6 Å². The van der Waals surface area contributed by atoms with Crippen LogP contribution >= 0.6 is 0 Å². The molecule has 6 rings (SSSR count). The Morgan fingerprint density at radius 2 is 2.05 bits per heavy atom. The maximum absolute atomic E-state index is 13.7. The highest BCUT2D eigenvalue weighted by atomic mass is 16.3. The predicted molar refractivity (Wildman–Crippen MR) is 139 cm³/mol. The summed E-state index contributed by atoms with van der Waals surface area (Å²) in [6.45, 7) is 1.22. The van der Waals surface area contributed by atoms with Crippen molar-refractivity contribution in [3.8, 4) is 0 Å². The average molecular weight is 498 g/mol. The molecule has 8 nitrogen and oxygen atoms in total. The van der Waals surface area contributed by atoms with E-state index in [1.165, 1.54) is 0 Å². The highest BCUT2D eigenvalue weighted by Crippen LogP contribution is 2.49. The molecular formula is C29H31N5O3. The third kappa shape index (κ3) is 4.30. The second-order valence-electron chi connectivity index (χ2n) is 10.2. The van der Waals surface area contributed by atoms with Crippen molar-refractivity contribution >= 4 is 11.5 Å². The summed E-state index contributed by atoms with van der Waals surface area (Å²) in [5.41, 5.74) is 4.53. The van der Waals surface area contributed by atoms with Crippen LogP contribution in [0.5, 0.6) is 0 Å². The molecule has 0 spiro atoms. The highest BCUT2D eigenvalue weighted by molar-refractivity contribution is 5.80. The van der Waals surface area contributed by atoms with Gasteiger partial charge in [-0.3, -0.25) is 24.5 Å². The predicted octanol–water partition coefficient (Wildman–Crippen LogP) is 2.69. The lowest BCUT2D eigenvalue weighted by molar-refractivity contribution is -0.127. The Morgan fingerprint density at radius 3 is 2.78 bits per heavy atom. The maximum atomic E-state index is 13.7. The smallest absolute Gasteiger partial charge is 0.258 e. The van der Waals surface area contributed by atoms with Gasteiger partial charge in [0.25, 0.3) is 5.56 Å². The van der Waals surface area contributed by atoms with Gasteiger partial charge >= 0.3 is 0 Å². The van der Waals surface area contributed by atoms with Crippen molar-refractivity contribution in [1.82, 2.24) is 24.8 Å². The van der Waals surface area contributed by atoms with Gasteiger partial charge in [-0.1, -0.05) is 18.2 Å². The van der Waals surface area contributed by atoms with E-state index in [-0.39, 0.29) is 36.1 Å². The van der Waals surface area contributed by atoms with Gasteiger partial charge in [-0.05, 0) is 60.7 Å². The van der Waals surface area contributed by atoms with Crippen LogP contribution in [0.3, 0.4) is 0 Å². The average Bonchev–Trinajstić information content (AvgIpc) is 3.53. The molecule has 1 fully saturated rings. The molecule has 4 atom stereocenters. The molecule has 1 amide bonds. The number of amides is 1. The van der Waals surface area contributed by atoms with Crippen LogP contribution in [0.2, 0.25) is 0 Å². The number of pyridine rings is 3. The second kappa shape index (κ2) is 10.0. The van der Waals surface area contributed by atoms with Crippen molar-refractivity contribution < 1.29 is 9.90 Å². The molecule has 1 aliphatic carbocycles. The lowest BCUT2D eigenvalue weighted by Gasteiger charge is -2.38. The Labute approximate surface area is 215 Å². The van der Waals surface area contributed by atoms with Crippen LogP contribution < -0.4 is 10.9 Å². The molecular weight excluding hydrogens is 466 g/mol. The van der Waals surface area contributed by atoms with Crippen LogP contribution in [-0.4, -0.2) is 43.1 Å². The molecule has 3 aromatic rings. The number of nitrogens with zero attached hydrogens (tertiary/aromatic N) is 4. The van der Waals surface area contributed by atoms with Gasteiger partial charge in [0.1, 0.15) is 0 Å². The minimum absolute atomic E-state index is 0.00733. The number of nitrogens with one attached hydrogen (secondary N) is 1. The number of aliphatic hydroxyl groups is 1. The summed E-state index contributed by atoms with van der Waals surface area (Å²) in [6, 6.07) is 13.0. The summed E-state index contributed by atoms with van der Waals surface area (Å²) >= 11 is 0. The van der Waals surface area contributed by atoms with Crippen LogP contribution in [0.15, 0.2) is 71.9 Å². The van der Waals surface area contributed by atoms with Crippen LogP contribution in [0, 0.1) is 11.8 Å². The second-order valence-corrected chi connectivity index (χ2v) is 10.2. The molecule has 0 unspecified atom stereocenters. The van der Waals surface area contributed by atoms with Gasteiger partial charge in [0.05, 0.1) is 24.2 Å². The van der Waals surface area contributed by atoms with Crippen LogP contribution in [0.25, 0.3) is 5.57 Å². The molecule has 0 radical (unpaired) electrons. The molecule has 2 bridgehead atoms. The summed E-state index contributed by atoms with van der Waals surface area (Å²) in [4.78, 5) is 38.3. The van der Waals surface area contributed by atoms with E-state index in [2.05, 4.69) is 26.3 Å². The van der Waals surface area contributed by atoms with Crippen molar-refractivity contribution in [3.05, 3.63) is 100.0 Å². The van der Waals surface area contributed by atoms with Crippen molar-refractivity contribution in [2.75, 3.05) is 6.61 Å². The first-order valence-electron chi connectivity index (χ1n) is 13.0. The fourth-order valence-corrected chi connectivity index (χ4v) is 6.40. The summed E-state index contributed by atoms with van der Waals surface area (Å²) in [5, 5.41) is 13.6. The SMILES string of the molecule is O=C(NCc1ccccn1)[C@H]1[C@H](CO)[C@H]2Cn3c(ccc(C4=CCCC4)c3=O)[C@@H]1N2Cc1cccnc1. The fourth-order valence-electron chi connectivity index (χ4n) is 6.40. The zero-order chi connectivity index (χ0) is 25.4. The van der Waals surface area contributed by atoms with Gasteiger partial charge in [-0.25, -0.2) is 0 Å². The van der Waals surface area contributed by atoms with E-state index in [9.17, 15) is 14.7 Å². The first-order valence-corrected chi connectivity index (χ1v) is 13.0. The number of aliphatic hydroxyl groups excluding tert-OH is 1. The van der Waals surface area contributed by atoms with E-state index in [4.69, 9.17) is 0 Å². The number of fused-ring (bicyclic) bond motifs is 4. The van der Waals surface area contributed by atoms with Gasteiger partial charge in [-0.15, -0.1) is 0 Å². The van der Waals surface area contributed by atoms with Crippen LogP contribution in [0.1, 0.15) is 47.8 Å². The van der Waals surface area contributed by atoms with Gasteiger partial charge in [0.15, 0.2) is 0 Å². The first kappa shape index (κ1) is 23.8. The minimum atomic E-state index is -0.500. The Hall–Kier alpha value is -3.62. The summed E-state index contributed by atoms with van der Waals surface area (Å²) in [6.07, 6.45) is 10.5. The zero-order valence-corrected chi connectivity index (χ0v) is 20.7. The van der Waals surface area contributed by atoms with E-state index in [1.54, 1.807) is 12.4 Å². The largest absolute Gasteiger partial charge is 0.396 e. The monoisotopic (exact) mass is 497 g/mol. The van der Waals surface area contributed by atoms with E-state index >= 15 is 0 Å². The van der Waals surface area contributed by atoms with Crippen molar-refractivity contribution in [2.45, 2.75) is 51.0 Å². The van der Waals surface area contributed by atoms with Crippen molar-refractivity contribution in [2.24, 2.45) is 11.8 Å². The molecule has 37 heavy (non-hydrogen) atoms. The van der Waals surface area contributed by atoms with Crippen LogP contribution in [0.4, 0.5) is 0 Å². The summed E-state index contributed by atoms with van der Waals surface area (Å²) in [7, 11) is 0. The molecule has 190 valence electrons. The highest BCUT2D eigenvalue weighted by Gasteiger charge is 2.55. The Morgan fingerprint density at radius 1 is 1.14 bits per heavy atom. The lowest BCUT2D eigenvalue weighted by Crippen LogP contribution is -2.46. The van der Waals surface area contributed by atoms with Crippen molar-refractivity contribution in [3.63, 3.8) is 0 Å². The first-order chi connectivity index (χ1) is 18.2. The molecule has 3 aliphatic rings. The third-order valence-electron chi connectivity index (χ3n) is 8.12. The minimum Gasteiger partial charge on any atom is -0.396 e. The number of allylic oxidation sites excluding steroid dienone is 2. The molecule has 2 N–H and O–H groups in total. The van der Waals surface area contributed by atoms with Gasteiger partial charge in [0.2, 0.25) is 5.91 Å². The molecule has 2 aliphatic heterocycles. The molecule has 3 aromatic heterocycles. The fraction of sp³-hybridized carbons (Fsp3) is 0.379. The lowest BCUT2D eigenvalue weighted by atomic mass is 9.86. The standard InChI is InChI=1S/C29H31N5O3/c35-18-23-25-17-34-24(11-10-22(29(34)37)20-7-1-2-8-20)27(33(25)16-19-6-5-12-30-14-19)26(23)28(36)32-15-21-9-3-4-13-31-21/h3-7,9-14,23,25-27,35H,1-2,8,15-18H2,(H,32,36)/t23-,25-,26+,27+/m1/s1. The Balaban J connectivity index is 1.39. The van der Waals surface area contributed by atoms with Gasteiger partial charge in [-0.2, -0.15) is 0 Å². The molecule has 5 heterocycles. The molecule has 1 saturated heterocycles. The number of hydrogen-bond acceptors (Lipinski definition) is 6. The maximum Gasteiger partial charge on any atom is 0.258 e. The molecule has 0 aromatic carbocycles. The summed E-state index contributed by atoms with van der Waals surface area (Å²) in [5.74, 6) is -0.934. The number of carbonyl (C=O) groups is 1. The van der Waals surface area contributed by atoms with Crippen molar-refractivity contribution in [1.29, 1.82) is 0 Å². The third-order valence-corrected chi connectivity index (χ3v) is 8.12. The number of hydrogen-bond donors (Lipinski definition) is 2. The van der Waals surface area contributed by atoms with Gasteiger partial charge in [0, 0.05) is 61.5 Å².